The monoisotopic (exact) mass is 259 g/mol. The number of aliphatic hydroxyl groups is 1. The van der Waals surface area contributed by atoms with Crippen LogP contribution < -0.4 is 11.1 Å². The Kier molecular flexibility index (Phi) is 5.17. The molecule has 0 amide bonds. The lowest BCUT2D eigenvalue weighted by Gasteiger charge is -2.09. The number of aromatic nitrogens is 1. The van der Waals surface area contributed by atoms with Crippen LogP contribution in [-0.2, 0) is 4.74 Å². The van der Waals surface area contributed by atoms with E-state index < -0.39 is 5.97 Å². The highest BCUT2D eigenvalue weighted by Gasteiger charge is 2.19. The largest absolute Gasteiger partial charge is 0.465 e. The molecule has 1 aromatic rings. The van der Waals surface area contributed by atoms with Crippen LogP contribution in [0.4, 0.5) is 10.8 Å². The van der Waals surface area contributed by atoms with E-state index in [2.05, 4.69) is 14.4 Å². The molecule has 1 unspecified atom stereocenters. The zero-order valence-corrected chi connectivity index (χ0v) is 10.7. The number of nitrogens with zero attached hydrogens (tertiary/aromatic N) is 1. The van der Waals surface area contributed by atoms with Crippen LogP contribution in [0.2, 0.25) is 0 Å². The number of esters is 1. The van der Waals surface area contributed by atoms with E-state index in [4.69, 9.17) is 5.73 Å². The van der Waals surface area contributed by atoms with Crippen LogP contribution in [0, 0.1) is 0 Å². The van der Waals surface area contributed by atoms with Crippen molar-refractivity contribution in [3.05, 3.63) is 5.56 Å². The molecule has 6 nitrogen and oxygen atoms in total. The normalized spacial score (nSPS) is 12.2. The Morgan fingerprint density at radius 3 is 3.00 bits per heavy atom. The van der Waals surface area contributed by atoms with E-state index in [1.807, 2.05) is 6.92 Å². The molecule has 0 aromatic carbocycles. The van der Waals surface area contributed by atoms with Crippen LogP contribution in [-0.4, -0.2) is 35.2 Å². The van der Waals surface area contributed by atoms with Gasteiger partial charge in [-0.15, -0.1) is 0 Å². The maximum atomic E-state index is 11.4. The van der Waals surface area contributed by atoms with Crippen LogP contribution in [0.3, 0.4) is 0 Å². The first kappa shape index (κ1) is 13.7. The van der Waals surface area contributed by atoms with Gasteiger partial charge in [0.15, 0.2) is 5.82 Å². The van der Waals surface area contributed by atoms with Gasteiger partial charge >= 0.3 is 5.97 Å². The van der Waals surface area contributed by atoms with E-state index in [-0.39, 0.29) is 17.5 Å². The van der Waals surface area contributed by atoms with E-state index in [0.717, 1.165) is 11.5 Å². The highest BCUT2D eigenvalue weighted by molar-refractivity contribution is 7.11. The van der Waals surface area contributed by atoms with Crippen molar-refractivity contribution in [3.63, 3.8) is 0 Å². The number of carbonyl (C=O) groups is 1. The third-order valence-electron chi connectivity index (χ3n) is 2.34. The number of methoxy groups -OCH3 is 1. The number of carbonyl (C=O) groups excluding carboxylic acids is 1. The Balaban J connectivity index is 2.62. The van der Waals surface area contributed by atoms with E-state index in [9.17, 15) is 9.90 Å². The van der Waals surface area contributed by atoms with Gasteiger partial charge in [-0.3, -0.25) is 0 Å². The van der Waals surface area contributed by atoms with Crippen LogP contribution in [0.5, 0.6) is 0 Å². The first-order valence-electron chi connectivity index (χ1n) is 5.35. The molecule has 0 saturated carbocycles. The fourth-order valence-corrected chi connectivity index (χ4v) is 2.01. The molecule has 1 heterocycles. The van der Waals surface area contributed by atoms with Gasteiger partial charge in [0.05, 0.1) is 13.2 Å². The zero-order chi connectivity index (χ0) is 12.8. The van der Waals surface area contributed by atoms with Crippen LogP contribution in [0.1, 0.15) is 30.1 Å². The van der Waals surface area contributed by atoms with Crippen molar-refractivity contribution in [2.24, 2.45) is 0 Å². The van der Waals surface area contributed by atoms with Crippen molar-refractivity contribution in [2.45, 2.75) is 25.9 Å². The van der Waals surface area contributed by atoms with Crippen LogP contribution >= 0.6 is 11.5 Å². The maximum absolute atomic E-state index is 11.4. The molecule has 1 rings (SSSR count). The summed E-state index contributed by atoms with van der Waals surface area (Å²) in [6.07, 6.45) is 0.972. The van der Waals surface area contributed by atoms with Gasteiger partial charge in [-0.25, -0.2) is 4.79 Å². The van der Waals surface area contributed by atoms with E-state index in [1.165, 1.54) is 7.11 Å². The minimum atomic E-state index is -0.505. The van der Waals surface area contributed by atoms with Gasteiger partial charge in [0.1, 0.15) is 10.6 Å². The van der Waals surface area contributed by atoms with Crippen molar-refractivity contribution >= 4 is 28.3 Å². The third kappa shape index (κ3) is 3.57. The van der Waals surface area contributed by atoms with Gasteiger partial charge in [-0.1, -0.05) is 6.92 Å². The number of rotatable bonds is 6. The summed E-state index contributed by atoms with van der Waals surface area (Å²) in [5.41, 5.74) is 5.85. The van der Waals surface area contributed by atoms with Gasteiger partial charge in [-0.05, 0) is 24.4 Å². The highest BCUT2D eigenvalue weighted by atomic mass is 32.1. The van der Waals surface area contributed by atoms with Crippen LogP contribution in [0.15, 0.2) is 0 Å². The highest BCUT2D eigenvalue weighted by Crippen LogP contribution is 2.27. The van der Waals surface area contributed by atoms with Gasteiger partial charge in [0.25, 0.3) is 0 Å². The molecule has 4 N–H and O–H groups in total. The van der Waals surface area contributed by atoms with Gasteiger partial charge < -0.3 is 20.9 Å². The Morgan fingerprint density at radius 1 is 1.71 bits per heavy atom. The fourth-order valence-electron chi connectivity index (χ4n) is 1.28. The molecule has 0 fully saturated rings. The summed E-state index contributed by atoms with van der Waals surface area (Å²) >= 11 is 1.11. The second kappa shape index (κ2) is 6.41. The molecule has 0 radical (unpaired) electrons. The topological polar surface area (TPSA) is 97.5 Å². The summed E-state index contributed by atoms with van der Waals surface area (Å²) in [6.45, 7) is 2.47. The number of hydrogen-bond donors (Lipinski definition) is 3. The smallest absolute Gasteiger partial charge is 0.344 e. The molecular formula is C10H17N3O3S. The van der Waals surface area contributed by atoms with Gasteiger partial charge in [0.2, 0.25) is 0 Å². The predicted octanol–water partition coefficient (Wildman–Crippen LogP) is 1.08. The summed E-state index contributed by atoms with van der Waals surface area (Å²) in [4.78, 5) is 11.4. The van der Waals surface area contributed by atoms with Crippen molar-refractivity contribution in [3.8, 4) is 0 Å². The zero-order valence-electron chi connectivity index (χ0n) is 9.90. The Morgan fingerprint density at radius 2 is 2.41 bits per heavy atom. The minimum absolute atomic E-state index is 0.167. The molecule has 1 aromatic heterocycles. The SMILES string of the molecule is CCC(O)CCNc1snc(N)c1C(=O)OC. The standard InChI is InChI=1S/C10H17N3O3S/c1-3-6(14)4-5-12-9-7(10(15)16-2)8(11)13-17-9/h6,12,14H,3-5H2,1-2H3,(H2,11,13). The molecule has 1 atom stereocenters. The maximum Gasteiger partial charge on any atom is 0.344 e. The Hall–Kier alpha value is -1.34. The summed E-state index contributed by atoms with van der Waals surface area (Å²) in [6, 6.07) is 0. The summed E-state index contributed by atoms with van der Waals surface area (Å²) in [5, 5.41) is 13.0. The molecular weight excluding hydrogens is 242 g/mol. The number of hydrogen-bond acceptors (Lipinski definition) is 7. The van der Waals surface area contributed by atoms with Gasteiger partial charge in [0, 0.05) is 6.54 Å². The first-order chi connectivity index (χ1) is 8.10. The number of nitrogen functional groups attached to an aromatic ring is 1. The Bertz CT molecular complexity index is 381. The first-order valence-corrected chi connectivity index (χ1v) is 6.12. The molecule has 7 heteroatoms. The second-order valence-corrected chi connectivity index (χ2v) is 4.31. The molecule has 0 aliphatic carbocycles. The number of ether oxygens (including phenoxy) is 1. The van der Waals surface area contributed by atoms with Crippen LogP contribution in [0.25, 0.3) is 0 Å². The molecule has 0 spiro atoms. The predicted molar refractivity (Wildman–Crippen MR) is 67.3 cm³/mol. The van der Waals surface area contributed by atoms with Crippen molar-refractivity contribution in [1.29, 1.82) is 0 Å². The quantitative estimate of drug-likeness (QED) is 0.661. The molecule has 0 aliphatic rings. The van der Waals surface area contributed by atoms with Gasteiger partial charge in [-0.2, -0.15) is 4.37 Å². The van der Waals surface area contributed by atoms with E-state index in [1.54, 1.807) is 0 Å². The third-order valence-corrected chi connectivity index (χ3v) is 3.16. The molecule has 0 bridgehead atoms. The summed E-state index contributed by atoms with van der Waals surface area (Å²) in [5.74, 6) is -0.338. The van der Waals surface area contributed by atoms with Crippen molar-refractivity contribution in [1.82, 2.24) is 4.37 Å². The molecule has 17 heavy (non-hydrogen) atoms. The number of aliphatic hydroxyl groups excluding tert-OH is 1. The summed E-state index contributed by atoms with van der Waals surface area (Å²) < 4.78 is 8.52. The number of anilines is 2. The lowest BCUT2D eigenvalue weighted by atomic mass is 10.2. The molecule has 0 saturated heterocycles. The lowest BCUT2D eigenvalue weighted by molar-refractivity contribution is 0.0603. The number of nitrogens with one attached hydrogen (secondary N) is 1. The minimum Gasteiger partial charge on any atom is -0.465 e. The average molecular weight is 259 g/mol. The van der Waals surface area contributed by atoms with Crippen molar-refractivity contribution < 1.29 is 14.6 Å². The fraction of sp³-hybridized carbons (Fsp3) is 0.600. The van der Waals surface area contributed by atoms with E-state index in [0.29, 0.717) is 24.4 Å². The molecule has 0 aliphatic heterocycles. The second-order valence-electron chi connectivity index (χ2n) is 3.54. The lowest BCUT2D eigenvalue weighted by Crippen LogP contribution is -2.13. The number of nitrogens with two attached hydrogens (primary N) is 1. The Labute approximate surface area is 104 Å². The van der Waals surface area contributed by atoms with E-state index >= 15 is 0 Å². The molecule has 96 valence electrons. The van der Waals surface area contributed by atoms with Crippen molar-refractivity contribution in [2.75, 3.05) is 24.7 Å². The average Bonchev–Trinajstić information content (AvgIpc) is 2.69. The summed E-state index contributed by atoms with van der Waals surface area (Å²) in [7, 11) is 1.30.